The lowest BCUT2D eigenvalue weighted by Gasteiger charge is -2.39. The molecule has 2 unspecified atom stereocenters. The Morgan fingerprint density at radius 3 is 2.24 bits per heavy atom. The van der Waals surface area contributed by atoms with Crippen LogP contribution >= 0.6 is 0 Å². The van der Waals surface area contributed by atoms with Crippen molar-refractivity contribution >= 4 is 15.9 Å². The van der Waals surface area contributed by atoms with E-state index < -0.39 is 10.0 Å². The summed E-state index contributed by atoms with van der Waals surface area (Å²) in [6.07, 6.45) is 1.93. The summed E-state index contributed by atoms with van der Waals surface area (Å²) in [6.45, 7) is 10.1. The van der Waals surface area contributed by atoms with Crippen LogP contribution in [0.25, 0.3) is 0 Å². The molecule has 10 heteroatoms. The van der Waals surface area contributed by atoms with Gasteiger partial charge in [0.1, 0.15) is 12.4 Å². The molecule has 2 atom stereocenters. The summed E-state index contributed by atoms with van der Waals surface area (Å²) in [4.78, 5) is 17.5. The zero-order chi connectivity index (χ0) is 24.1. The van der Waals surface area contributed by atoms with Gasteiger partial charge in [-0.05, 0) is 64.0 Å². The third-order valence-corrected chi connectivity index (χ3v) is 8.69. The normalized spacial score (nSPS) is 25.9. The van der Waals surface area contributed by atoms with E-state index in [1.54, 1.807) is 24.3 Å². The van der Waals surface area contributed by atoms with Crippen LogP contribution in [0.4, 0.5) is 0 Å². The van der Waals surface area contributed by atoms with Gasteiger partial charge in [-0.2, -0.15) is 4.31 Å². The van der Waals surface area contributed by atoms with Gasteiger partial charge in [0, 0.05) is 38.6 Å². The molecule has 0 bridgehead atoms. The molecule has 3 fully saturated rings. The van der Waals surface area contributed by atoms with Crippen LogP contribution < -0.4 is 4.74 Å². The Morgan fingerprint density at radius 1 is 1.00 bits per heavy atom. The lowest BCUT2D eigenvalue weighted by atomic mass is 9.94. The Bertz CT molecular complexity index is 901. The van der Waals surface area contributed by atoms with Gasteiger partial charge in [0.15, 0.2) is 0 Å². The first-order valence-electron chi connectivity index (χ1n) is 12.3. The maximum absolute atomic E-state index is 12.9. The van der Waals surface area contributed by atoms with Gasteiger partial charge in [-0.1, -0.05) is 0 Å². The highest BCUT2D eigenvalue weighted by molar-refractivity contribution is 7.89. The molecule has 1 aromatic carbocycles. The van der Waals surface area contributed by atoms with Gasteiger partial charge in [-0.3, -0.25) is 9.69 Å². The fraction of sp³-hybridized carbons (Fsp3) is 0.708. The zero-order valence-electron chi connectivity index (χ0n) is 20.2. The van der Waals surface area contributed by atoms with Crippen LogP contribution in [0.2, 0.25) is 0 Å². The van der Waals surface area contributed by atoms with E-state index in [2.05, 4.69) is 4.90 Å². The van der Waals surface area contributed by atoms with Crippen LogP contribution in [0, 0.1) is 5.92 Å². The van der Waals surface area contributed by atoms with Crippen molar-refractivity contribution in [1.82, 2.24) is 14.1 Å². The van der Waals surface area contributed by atoms with Gasteiger partial charge in [0.05, 0.1) is 30.3 Å². The van der Waals surface area contributed by atoms with E-state index in [9.17, 15) is 13.2 Å². The summed E-state index contributed by atoms with van der Waals surface area (Å²) in [6, 6.07) is 6.63. The number of hydrogen-bond acceptors (Lipinski definition) is 7. The van der Waals surface area contributed by atoms with E-state index in [0.29, 0.717) is 51.7 Å². The van der Waals surface area contributed by atoms with Crippen LogP contribution in [0.1, 0.15) is 26.7 Å². The smallest absolute Gasteiger partial charge is 0.243 e. The second kappa shape index (κ2) is 11.3. The van der Waals surface area contributed by atoms with E-state index in [1.165, 1.54) is 4.31 Å². The van der Waals surface area contributed by atoms with Crippen molar-refractivity contribution in [2.24, 2.45) is 5.92 Å². The second-order valence-electron chi connectivity index (χ2n) is 9.45. The first kappa shape index (κ1) is 25.4. The SMILES string of the molecule is CC1CN(C(=O)C2CCN(CCOc3ccc(S(=O)(=O)N4CCOCC4)cc3)CC2)CC(C)O1. The summed E-state index contributed by atoms with van der Waals surface area (Å²) < 4.78 is 43.7. The zero-order valence-corrected chi connectivity index (χ0v) is 21.0. The standard InChI is InChI=1S/C24H37N3O6S/c1-19-17-26(18-20(2)33-19)24(28)21-7-9-25(10-8-21)11-16-32-22-3-5-23(6-4-22)34(29,30)27-12-14-31-15-13-27/h3-6,19-21H,7-18H2,1-2H3. The number of piperidine rings is 1. The van der Waals surface area contributed by atoms with E-state index in [1.807, 2.05) is 18.7 Å². The Kier molecular flexibility index (Phi) is 8.47. The topological polar surface area (TPSA) is 88.6 Å². The highest BCUT2D eigenvalue weighted by atomic mass is 32.2. The van der Waals surface area contributed by atoms with Gasteiger partial charge in [0.2, 0.25) is 15.9 Å². The molecule has 0 aromatic heterocycles. The summed E-state index contributed by atoms with van der Waals surface area (Å²) in [5.41, 5.74) is 0. The third-order valence-electron chi connectivity index (χ3n) is 6.78. The van der Waals surface area contributed by atoms with Crippen LogP contribution in [-0.2, 0) is 24.3 Å². The monoisotopic (exact) mass is 495 g/mol. The van der Waals surface area contributed by atoms with E-state index in [0.717, 1.165) is 32.5 Å². The molecular formula is C24H37N3O6S. The Morgan fingerprint density at radius 2 is 1.62 bits per heavy atom. The number of morpholine rings is 2. The first-order valence-corrected chi connectivity index (χ1v) is 13.7. The number of sulfonamides is 1. The molecule has 0 saturated carbocycles. The molecule has 0 aliphatic carbocycles. The average molecular weight is 496 g/mol. The van der Waals surface area contributed by atoms with Crippen molar-refractivity contribution < 1.29 is 27.4 Å². The molecular weight excluding hydrogens is 458 g/mol. The third kappa shape index (κ3) is 6.28. The summed E-state index contributed by atoms with van der Waals surface area (Å²) in [7, 11) is -3.49. The average Bonchev–Trinajstić information content (AvgIpc) is 2.84. The lowest BCUT2D eigenvalue weighted by Crippen LogP contribution is -2.51. The number of carbonyl (C=O) groups is 1. The van der Waals surface area contributed by atoms with Crippen LogP contribution in [0.15, 0.2) is 29.2 Å². The fourth-order valence-electron chi connectivity index (χ4n) is 4.96. The van der Waals surface area contributed by atoms with Gasteiger partial charge < -0.3 is 19.1 Å². The maximum Gasteiger partial charge on any atom is 0.243 e. The number of benzene rings is 1. The molecule has 4 rings (SSSR count). The van der Waals surface area contributed by atoms with Crippen molar-refractivity contribution in [2.75, 3.05) is 65.6 Å². The van der Waals surface area contributed by atoms with Crippen LogP contribution in [-0.4, -0.2) is 106 Å². The number of likely N-dealkylation sites (tertiary alicyclic amines) is 1. The fourth-order valence-corrected chi connectivity index (χ4v) is 6.36. The van der Waals surface area contributed by atoms with Crippen molar-refractivity contribution in [2.45, 2.75) is 43.8 Å². The highest BCUT2D eigenvalue weighted by Gasteiger charge is 2.32. The van der Waals surface area contributed by atoms with Gasteiger partial charge in [-0.25, -0.2) is 8.42 Å². The van der Waals surface area contributed by atoms with Crippen molar-refractivity contribution in [3.63, 3.8) is 0 Å². The molecule has 0 N–H and O–H groups in total. The lowest BCUT2D eigenvalue weighted by molar-refractivity contribution is -0.148. The second-order valence-corrected chi connectivity index (χ2v) is 11.4. The molecule has 3 aliphatic rings. The summed E-state index contributed by atoms with van der Waals surface area (Å²) in [5, 5.41) is 0. The number of ether oxygens (including phenoxy) is 3. The number of amides is 1. The van der Waals surface area contributed by atoms with E-state index >= 15 is 0 Å². The summed E-state index contributed by atoms with van der Waals surface area (Å²) >= 11 is 0. The van der Waals surface area contributed by atoms with Gasteiger partial charge >= 0.3 is 0 Å². The predicted octanol–water partition coefficient (Wildman–Crippen LogP) is 1.43. The predicted molar refractivity (Wildman–Crippen MR) is 127 cm³/mol. The molecule has 3 aliphatic heterocycles. The first-order chi connectivity index (χ1) is 16.3. The minimum Gasteiger partial charge on any atom is -0.492 e. The molecule has 3 saturated heterocycles. The Balaban J connectivity index is 1.19. The van der Waals surface area contributed by atoms with E-state index in [4.69, 9.17) is 14.2 Å². The minimum absolute atomic E-state index is 0.0932. The number of hydrogen-bond donors (Lipinski definition) is 0. The van der Waals surface area contributed by atoms with Crippen molar-refractivity contribution in [3.05, 3.63) is 24.3 Å². The van der Waals surface area contributed by atoms with Crippen molar-refractivity contribution in [3.8, 4) is 5.75 Å². The minimum atomic E-state index is -3.49. The van der Waals surface area contributed by atoms with Gasteiger partial charge in [-0.15, -0.1) is 0 Å². The largest absolute Gasteiger partial charge is 0.492 e. The van der Waals surface area contributed by atoms with Crippen LogP contribution in [0.3, 0.4) is 0 Å². The molecule has 3 heterocycles. The number of carbonyl (C=O) groups excluding carboxylic acids is 1. The number of rotatable bonds is 7. The maximum atomic E-state index is 12.9. The quantitative estimate of drug-likeness (QED) is 0.566. The molecule has 0 spiro atoms. The highest BCUT2D eigenvalue weighted by Crippen LogP contribution is 2.23. The molecule has 1 aromatic rings. The summed E-state index contributed by atoms with van der Waals surface area (Å²) in [5.74, 6) is 1.02. The van der Waals surface area contributed by atoms with E-state index in [-0.39, 0.29) is 28.9 Å². The van der Waals surface area contributed by atoms with Crippen LogP contribution in [0.5, 0.6) is 5.75 Å². The molecule has 9 nitrogen and oxygen atoms in total. The molecule has 190 valence electrons. The van der Waals surface area contributed by atoms with Crippen molar-refractivity contribution in [1.29, 1.82) is 0 Å². The Labute approximate surface area is 203 Å². The molecule has 34 heavy (non-hydrogen) atoms. The molecule has 0 radical (unpaired) electrons. The number of nitrogens with zero attached hydrogens (tertiary/aromatic N) is 3. The van der Waals surface area contributed by atoms with Gasteiger partial charge in [0.25, 0.3) is 0 Å². The Hall–Kier alpha value is -1.72. The molecule has 1 amide bonds.